The van der Waals surface area contributed by atoms with Crippen molar-refractivity contribution in [3.05, 3.63) is 102 Å². The molecule has 0 aliphatic heterocycles. The van der Waals surface area contributed by atoms with Crippen LogP contribution in [0.25, 0.3) is 11.3 Å². The quantitative estimate of drug-likeness (QED) is 0.296. The largest absolute Gasteiger partial charge is 0.494 e. The Hall–Kier alpha value is -4.19. The van der Waals surface area contributed by atoms with Crippen LogP contribution in [-0.4, -0.2) is 28.6 Å². The number of rotatable bonds is 10. The number of anilines is 1. The summed E-state index contributed by atoms with van der Waals surface area (Å²) in [5, 5.41) is 2.97. The van der Waals surface area contributed by atoms with Crippen molar-refractivity contribution in [2.24, 2.45) is 0 Å². The molecule has 0 bridgehead atoms. The number of amides is 1. The van der Waals surface area contributed by atoms with E-state index >= 15 is 0 Å². The molecule has 1 aromatic heterocycles. The van der Waals surface area contributed by atoms with Gasteiger partial charge in [0.05, 0.1) is 36.7 Å². The molecule has 1 heterocycles. The van der Waals surface area contributed by atoms with Crippen LogP contribution in [0.15, 0.2) is 85.1 Å². The number of hydrogen-bond acceptors (Lipinski definition) is 5. The van der Waals surface area contributed by atoms with Gasteiger partial charge in [-0.2, -0.15) is 0 Å². The Bertz CT molecular complexity index is 1270. The molecular weight excluding hydrogens is 450 g/mol. The zero-order chi connectivity index (χ0) is 25.3. The van der Waals surface area contributed by atoms with E-state index in [1.807, 2.05) is 99.6 Å². The second-order valence-corrected chi connectivity index (χ2v) is 8.71. The lowest BCUT2D eigenvalue weighted by Gasteiger charge is -2.13. The third kappa shape index (κ3) is 6.92. The van der Waals surface area contributed by atoms with Gasteiger partial charge in [0.15, 0.2) is 5.82 Å². The maximum absolute atomic E-state index is 12.9. The summed E-state index contributed by atoms with van der Waals surface area (Å²) in [6.45, 7) is 6.54. The summed E-state index contributed by atoms with van der Waals surface area (Å²) in [4.78, 5) is 22.4. The molecule has 0 saturated heterocycles. The molecular formula is C30H31N3O3. The van der Waals surface area contributed by atoms with Crippen molar-refractivity contribution in [2.45, 2.75) is 39.7 Å². The average molecular weight is 482 g/mol. The van der Waals surface area contributed by atoms with E-state index in [4.69, 9.17) is 14.5 Å². The van der Waals surface area contributed by atoms with E-state index in [0.29, 0.717) is 24.5 Å². The zero-order valence-electron chi connectivity index (χ0n) is 20.9. The highest BCUT2D eigenvalue weighted by molar-refractivity contribution is 5.92. The summed E-state index contributed by atoms with van der Waals surface area (Å²) < 4.78 is 11.2. The summed E-state index contributed by atoms with van der Waals surface area (Å²) in [6, 6.07) is 25.4. The highest BCUT2D eigenvalue weighted by atomic mass is 16.5. The number of nitrogens with one attached hydrogen (secondary N) is 1. The third-order valence-corrected chi connectivity index (χ3v) is 5.44. The van der Waals surface area contributed by atoms with Crippen LogP contribution in [0.3, 0.4) is 0 Å². The standard InChI is InChI=1S/C30H31N3O3/c1-4-35-25-16-12-24(13-17-25)28-20-31-30(27(32-28)18-22-8-6-5-7-9-22)33-29(34)19-23-10-14-26(15-11-23)36-21(2)3/h5-17,20-21H,4,18-19H2,1-3H3,(H,31,33,34). The van der Waals surface area contributed by atoms with Gasteiger partial charge in [-0.25, -0.2) is 9.97 Å². The molecule has 0 aliphatic rings. The Morgan fingerprint density at radius 1 is 0.889 bits per heavy atom. The lowest BCUT2D eigenvalue weighted by atomic mass is 10.1. The number of aromatic nitrogens is 2. The van der Waals surface area contributed by atoms with E-state index in [2.05, 4.69) is 10.3 Å². The van der Waals surface area contributed by atoms with Gasteiger partial charge in [0.2, 0.25) is 5.91 Å². The zero-order valence-corrected chi connectivity index (χ0v) is 20.9. The first-order chi connectivity index (χ1) is 17.5. The lowest BCUT2D eigenvalue weighted by molar-refractivity contribution is -0.115. The second-order valence-electron chi connectivity index (χ2n) is 8.71. The van der Waals surface area contributed by atoms with Gasteiger partial charge in [0.1, 0.15) is 11.5 Å². The number of hydrogen-bond donors (Lipinski definition) is 1. The second kappa shape index (κ2) is 12.0. The average Bonchev–Trinajstić information content (AvgIpc) is 2.87. The molecule has 0 atom stereocenters. The molecule has 0 aliphatic carbocycles. The minimum Gasteiger partial charge on any atom is -0.494 e. The summed E-state index contributed by atoms with van der Waals surface area (Å²) in [6.07, 6.45) is 2.58. The van der Waals surface area contributed by atoms with Crippen LogP contribution in [0.5, 0.6) is 11.5 Å². The van der Waals surface area contributed by atoms with Crippen LogP contribution in [0, 0.1) is 0 Å². The molecule has 0 spiro atoms. The molecule has 6 heteroatoms. The summed E-state index contributed by atoms with van der Waals surface area (Å²) in [7, 11) is 0. The predicted octanol–water partition coefficient (Wildman–Crippen LogP) is 6.10. The first-order valence-corrected chi connectivity index (χ1v) is 12.2. The van der Waals surface area contributed by atoms with Crippen LogP contribution in [0.4, 0.5) is 5.82 Å². The molecule has 1 N–H and O–H groups in total. The van der Waals surface area contributed by atoms with E-state index in [1.54, 1.807) is 6.20 Å². The molecule has 0 fully saturated rings. The number of carbonyl (C=O) groups excluding carboxylic acids is 1. The van der Waals surface area contributed by atoms with Crippen molar-refractivity contribution >= 4 is 11.7 Å². The molecule has 36 heavy (non-hydrogen) atoms. The van der Waals surface area contributed by atoms with Crippen LogP contribution < -0.4 is 14.8 Å². The highest BCUT2D eigenvalue weighted by Gasteiger charge is 2.14. The number of ether oxygens (including phenoxy) is 2. The van der Waals surface area contributed by atoms with Crippen molar-refractivity contribution in [3.63, 3.8) is 0 Å². The van der Waals surface area contributed by atoms with Gasteiger partial charge in [-0.15, -0.1) is 0 Å². The molecule has 184 valence electrons. The SMILES string of the molecule is CCOc1ccc(-c2cnc(NC(=O)Cc3ccc(OC(C)C)cc3)c(Cc3ccccc3)n2)cc1. The number of carbonyl (C=O) groups is 1. The van der Waals surface area contributed by atoms with Crippen LogP contribution in [-0.2, 0) is 17.6 Å². The predicted molar refractivity (Wildman–Crippen MR) is 142 cm³/mol. The fourth-order valence-electron chi connectivity index (χ4n) is 3.79. The minimum atomic E-state index is -0.148. The van der Waals surface area contributed by atoms with Gasteiger partial charge in [-0.05, 0) is 68.3 Å². The molecule has 0 radical (unpaired) electrons. The minimum absolute atomic E-state index is 0.103. The van der Waals surface area contributed by atoms with E-state index in [0.717, 1.165) is 33.9 Å². The smallest absolute Gasteiger partial charge is 0.229 e. The van der Waals surface area contributed by atoms with Gasteiger partial charge < -0.3 is 14.8 Å². The molecule has 6 nitrogen and oxygen atoms in total. The Labute approximate surface area is 212 Å². The fourth-order valence-corrected chi connectivity index (χ4v) is 3.79. The normalized spacial score (nSPS) is 10.8. The molecule has 1 amide bonds. The molecule has 4 aromatic rings. The Morgan fingerprint density at radius 3 is 2.25 bits per heavy atom. The van der Waals surface area contributed by atoms with Crippen molar-refractivity contribution in [2.75, 3.05) is 11.9 Å². The van der Waals surface area contributed by atoms with Crippen LogP contribution >= 0.6 is 0 Å². The van der Waals surface area contributed by atoms with Crippen molar-refractivity contribution in [3.8, 4) is 22.8 Å². The monoisotopic (exact) mass is 481 g/mol. The topological polar surface area (TPSA) is 73.3 Å². The maximum Gasteiger partial charge on any atom is 0.229 e. The number of benzene rings is 3. The Morgan fingerprint density at radius 2 is 1.58 bits per heavy atom. The first kappa shape index (κ1) is 24.9. The van der Waals surface area contributed by atoms with Gasteiger partial charge >= 0.3 is 0 Å². The van der Waals surface area contributed by atoms with Crippen molar-refractivity contribution < 1.29 is 14.3 Å². The number of nitrogens with zero attached hydrogens (tertiary/aromatic N) is 2. The summed E-state index contributed by atoms with van der Waals surface area (Å²) >= 11 is 0. The summed E-state index contributed by atoms with van der Waals surface area (Å²) in [5.41, 5.74) is 4.37. The molecule has 3 aromatic carbocycles. The van der Waals surface area contributed by atoms with Gasteiger partial charge in [0.25, 0.3) is 0 Å². The van der Waals surface area contributed by atoms with Crippen molar-refractivity contribution in [1.82, 2.24) is 9.97 Å². The first-order valence-electron chi connectivity index (χ1n) is 12.2. The Kier molecular flexibility index (Phi) is 8.29. The molecule has 0 unspecified atom stereocenters. The fraction of sp³-hybridized carbons (Fsp3) is 0.233. The summed E-state index contributed by atoms with van der Waals surface area (Å²) in [5.74, 6) is 1.92. The molecule has 4 rings (SSSR count). The van der Waals surface area contributed by atoms with E-state index in [1.165, 1.54) is 0 Å². The van der Waals surface area contributed by atoms with Crippen LogP contribution in [0.2, 0.25) is 0 Å². The third-order valence-electron chi connectivity index (χ3n) is 5.44. The van der Waals surface area contributed by atoms with Gasteiger partial charge in [-0.1, -0.05) is 42.5 Å². The van der Waals surface area contributed by atoms with E-state index in [-0.39, 0.29) is 18.4 Å². The van der Waals surface area contributed by atoms with E-state index < -0.39 is 0 Å². The molecule has 0 saturated carbocycles. The maximum atomic E-state index is 12.9. The van der Waals surface area contributed by atoms with E-state index in [9.17, 15) is 4.79 Å². The van der Waals surface area contributed by atoms with Crippen LogP contribution in [0.1, 0.15) is 37.6 Å². The van der Waals surface area contributed by atoms with Gasteiger partial charge in [0, 0.05) is 12.0 Å². The highest BCUT2D eigenvalue weighted by Crippen LogP contribution is 2.24. The lowest BCUT2D eigenvalue weighted by Crippen LogP contribution is -2.17. The Balaban J connectivity index is 1.54. The van der Waals surface area contributed by atoms with Gasteiger partial charge in [-0.3, -0.25) is 4.79 Å². The van der Waals surface area contributed by atoms with Crippen molar-refractivity contribution in [1.29, 1.82) is 0 Å².